The van der Waals surface area contributed by atoms with Crippen LogP contribution in [0.25, 0.3) is 0 Å². The first-order chi connectivity index (χ1) is 14.7. The lowest BCUT2D eigenvalue weighted by molar-refractivity contribution is 0.201. The summed E-state index contributed by atoms with van der Waals surface area (Å²) in [6.45, 7) is 4.50. The smallest absolute Gasteiger partial charge is 0.183 e. The van der Waals surface area contributed by atoms with E-state index in [2.05, 4.69) is 17.0 Å². The Bertz CT molecular complexity index is 1140. The van der Waals surface area contributed by atoms with Crippen LogP contribution < -0.4 is 9.64 Å². The van der Waals surface area contributed by atoms with E-state index in [1.54, 1.807) is 19.1 Å². The highest BCUT2D eigenvalue weighted by atomic mass is 32.2. The second-order valence-corrected chi connectivity index (χ2v) is 12.5. The largest absolute Gasteiger partial charge is 0.496 e. The van der Waals surface area contributed by atoms with Crippen molar-refractivity contribution in [1.29, 1.82) is 0 Å². The minimum absolute atomic E-state index is 0.114. The summed E-state index contributed by atoms with van der Waals surface area (Å²) in [7, 11) is -5.71. The summed E-state index contributed by atoms with van der Waals surface area (Å²) in [5.41, 5.74) is 1.83. The van der Waals surface area contributed by atoms with E-state index in [0.29, 0.717) is 24.4 Å². The Kier molecular flexibility index (Phi) is 6.02. The molecule has 9 heteroatoms. The summed E-state index contributed by atoms with van der Waals surface area (Å²) in [6.07, 6.45) is 0. The second-order valence-electron chi connectivity index (χ2n) is 8.22. The topological polar surface area (TPSA) is 84.0 Å². The molecule has 0 saturated carbocycles. The fourth-order valence-corrected chi connectivity index (χ4v) is 9.50. The van der Waals surface area contributed by atoms with Crippen molar-refractivity contribution in [3.8, 4) is 5.75 Å². The van der Waals surface area contributed by atoms with Crippen molar-refractivity contribution in [1.82, 2.24) is 4.90 Å². The number of aryl methyl sites for hydroxylation is 1. The quantitative estimate of drug-likeness (QED) is 0.667. The molecule has 2 atom stereocenters. The van der Waals surface area contributed by atoms with Crippen molar-refractivity contribution in [2.45, 2.75) is 23.1 Å². The molecule has 2 aromatic carbocycles. The fourth-order valence-electron chi connectivity index (χ4n) is 4.59. The standard InChI is InChI=1S/C22H28N2O5S2/c1-17-14-19(8-9-21(17)29-2)31(27,28)22-16-30(25,26)15-20(22)24-12-10-23(11-13-24)18-6-4-3-5-7-18/h3-9,14,20,22H,10-13,15-16H2,1-2H3/t20-,22-/m0/s1. The summed E-state index contributed by atoms with van der Waals surface area (Å²) in [5.74, 6) is 0.160. The van der Waals surface area contributed by atoms with Gasteiger partial charge in [-0.25, -0.2) is 16.8 Å². The summed E-state index contributed by atoms with van der Waals surface area (Å²) in [6, 6.07) is 14.2. The highest BCUT2D eigenvalue weighted by Crippen LogP contribution is 2.32. The van der Waals surface area contributed by atoms with Gasteiger partial charge in [0.05, 0.1) is 28.8 Å². The first kappa shape index (κ1) is 22.1. The van der Waals surface area contributed by atoms with Gasteiger partial charge in [-0.15, -0.1) is 0 Å². The molecular weight excluding hydrogens is 436 g/mol. The number of nitrogens with zero attached hydrogens (tertiary/aromatic N) is 2. The van der Waals surface area contributed by atoms with Gasteiger partial charge in [-0.3, -0.25) is 4.90 Å². The van der Waals surface area contributed by atoms with Crippen LogP contribution in [0.5, 0.6) is 5.75 Å². The van der Waals surface area contributed by atoms with Crippen molar-refractivity contribution in [3.05, 3.63) is 54.1 Å². The summed E-state index contributed by atoms with van der Waals surface area (Å²) in [4.78, 5) is 4.44. The fraction of sp³-hybridized carbons (Fsp3) is 0.455. The molecule has 2 fully saturated rings. The molecule has 2 aliphatic heterocycles. The molecule has 0 bridgehead atoms. The highest BCUT2D eigenvalue weighted by molar-refractivity contribution is 7.96. The molecule has 31 heavy (non-hydrogen) atoms. The number of benzene rings is 2. The number of anilines is 1. The van der Waals surface area contributed by atoms with Crippen LogP contribution in [0.2, 0.25) is 0 Å². The number of sulfone groups is 2. The van der Waals surface area contributed by atoms with Gasteiger partial charge in [0, 0.05) is 37.9 Å². The zero-order valence-electron chi connectivity index (χ0n) is 17.8. The van der Waals surface area contributed by atoms with Crippen molar-refractivity contribution >= 4 is 25.4 Å². The van der Waals surface area contributed by atoms with Crippen LogP contribution in [0.1, 0.15) is 5.56 Å². The van der Waals surface area contributed by atoms with Gasteiger partial charge in [0.25, 0.3) is 0 Å². The minimum Gasteiger partial charge on any atom is -0.496 e. The van der Waals surface area contributed by atoms with Crippen molar-refractivity contribution in [3.63, 3.8) is 0 Å². The van der Waals surface area contributed by atoms with Crippen LogP contribution in [0.4, 0.5) is 5.69 Å². The van der Waals surface area contributed by atoms with Gasteiger partial charge in [0.2, 0.25) is 0 Å². The summed E-state index contributed by atoms with van der Waals surface area (Å²) < 4.78 is 57.2. The number of hydrogen-bond acceptors (Lipinski definition) is 7. The van der Waals surface area contributed by atoms with Crippen molar-refractivity contribution in [2.24, 2.45) is 0 Å². The molecule has 2 aliphatic rings. The van der Waals surface area contributed by atoms with E-state index in [1.165, 1.54) is 13.2 Å². The van der Waals surface area contributed by atoms with Crippen molar-refractivity contribution < 1.29 is 21.6 Å². The van der Waals surface area contributed by atoms with Crippen LogP contribution >= 0.6 is 0 Å². The van der Waals surface area contributed by atoms with Gasteiger partial charge in [-0.2, -0.15) is 0 Å². The maximum atomic E-state index is 13.5. The van der Waals surface area contributed by atoms with E-state index in [1.807, 2.05) is 23.1 Å². The van der Waals surface area contributed by atoms with Crippen LogP contribution in [0.3, 0.4) is 0 Å². The third-order valence-corrected chi connectivity index (χ3v) is 10.4. The van der Waals surface area contributed by atoms with Crippen LogP contribution in [-0.2, 0) is 19.7 Å². The van der Waals surface area contributed by atoms with Crippen molar-refractivity contribution in [2.75, 3.05) is 49.7 Å². The predicted molar refractivity (Wildman–Crippen MR) is 121 cm³/mol. The third kappa shape index (κ3) is 4.44. The second kappa shape index (κ2) is 8.44. The zero-order valence-corrected chi connectivity index (χ0v) is 19.4. The molecule has 0 unspecified atom stereocenters. The molecule has 7 nitrogen and oxygen atoms in total. The first-order valence-electron chi connectivity index (χ1n) is 10.3. The lowest BCUT2D eigenvalue weighted by atomic mass is 10.1. The van der Waals surface area contributed by atoms with Gasteiger partial charge in [-0.05, 0) is 42.8 Å². The Morgan fingerprint density at radius 1 is 0.968 bits per heavy atom. The van der Waals surface area contributed by atoms with Gasteiger partial charge >= 0.3 is 0 Å². The third-order valence-electron chi connectivity index (χ3n) is 6.27. The molecule has 2 aromatic rings. The van der Waals surface area contributed by atoms with E-state index in [-0.39, 0.29) is 16.4 Å². The Balaban J connectivity index is 1.57. The van der Waals surface area contributed by atoms with Gasteiger partial charge in [0.15, 0.2) is 19.7 Å². The van der Waals surface area contributed by atoms with E-state index in [9.17, 15) is 16.8 Å². The first-order valence-corrected chi connectivity index (χ1v) is 13.7. The van der Waals surface area contributed by atoms with E-state index >= 15 is 0 Å². The summed E-state index contributed by atoms with van der Waals surface area (Å²) >= 11 is 0. The van der Waals surface area contributed by atoms with E-state index in [0.717, 1.165) is 18.8 Å². The molecule has 2 saturated heterocycles. The Labute approximate surface area is 184 Å². The monoisotopic (exact) mass is 464 g/mol. The molecule has 4 rings (SSSR count). The molecule has 0 spiro atoms. The van der Waals surface area contributed by atoms with E-state index < -0.39 is 31.0 Å². The molecule has 0 N–H and O–H groups in total. The number of methoxy groups -OCH3 is 1. The Morgan fingerprint density at radius 2 is 1.65 bits per heavy atom. The minimum atomic E-state index is -3.81. The zero-order chi connectivity index (χ0) is 22.2. The number of para-hydroxylation sites is 1. The number of hydrogen-bond donors (Lipinski definition) is 0. The number of ether oxygens (including phenoxy) is 1. The highest BCUT2D eigenvalue weighted by Gasteiger charge is 2.48. The lowest BCUT2D eigenvalue weighted by Gasteiger charge is -2.40. The van der Waals surface area contributed by atoms with Gasteiger partial charge in [-0.1, -0.05) is 18.2 Å². The normalized spacial score (nSPS) is 24.3. The average molecular weight is 465 g/mol. The Hall–Kier alpha value is -2.10. The molecule has 0 radical (unpaired) electrons. The SMILES string of the molecule is COc1ccc(S(=O)(=O)[C@H]2CS(=O)(=O)C[C@@H]2N2CCN(c3ccccc3)CC2)cc1C. The van der Waals surface area contributed by atoms with Crippen LogP contribution in [0.15, 0.2) is 53.4 Å². The molecule has 2 heterocycles. The number of rotatable bonds is 5. The van der Waals surface area contributed by atoms with E-state index in [4.69, 9.17) is 4.74 Å². The molecule has 168 valence electrons. The van der Waals surface area contributed by atoms with Gasteiger partial charge < -0.3 is 9.64 Å². The molecule has 0 amide bonds. The molecule has 0 aliphatic carbocycles. The Morgan fingerprint density at radius 3 is 2.26 bits per heavy atom. The predicted octanol–water partition coefficient (Wildman–Crippen LogP) is 1.77. The average Bonchev–Trinajstić information content (AvgIpc) is 3.10. The maximum Gasteiger partial charge on any atom is 0.183 e. The molecular formula is C22H28N2O5S2. The van der Waals surface area contributed by atoms with Gasteiger partial charge in [0.1, 0.15) is 5.75 Å². The van der Waals surface area contributed by atoms with Crippen LogP contribution in [-0.4, -0.2) is 77.8 Å². The lowest BCUT2D eigenvalue weighted by Crippen LogP contribution is -2.55. The molecule has 0 aromatic heterocycles. The summed E-state index contributed by atoms with van der Waals surface area (Å²) in [5, 5.41) is -0.964. The maximum absolute atomic E-state index is 13.5. The van der Waals surface area contributed by atoms with Crippen LogP contribution in [0, 0.1) is 6.92 Å². The number of piperazine rings is 1.